The zero-order chi connectivity index (χ0) is 14.1. The number of ether oxygens (including phenoxy) is 2. The van der Waals surface area contributed by atoms with Gasteiger partial charge in [0.1, 0.15) is 5.82 Å². The lowest BCUT2D eigenvalue weighted by Crippen LogP contribution is -2.02. The van der Waals surface area contributed by atoms with Crippen LogP contribution in [0.25, 0.3) is 0 Å². The van der Waals surface area contributed by atoms with Gasteiger partial charge in [-0.2, -0.15) is 0 Å². The summed E-state index contributed by atoms with van der Waals surface area (Å²) in [6.45, 7) is 0.178. The van der Waals surface area contributed by atoms with Gasteiger partial charge in [0.25, 0.3) is 0 Å². The van der Waals surface area contributed by atoms with Crippen LogP contribution in [0.5, 0.6) is 11.5 Å². The Balaban J connectivity index is 1.84. The molecular formula is C15H12BrFO3. The Hall–Kier alpha value is -1.59. The van der Waals surface area contributed by atoms with Crippen LogP contribution < -0.4 is 9.47 Å². The summed E-state index contributed by atoms with van der Waals surface area (Å²) in [5.74, 6) is 0.945. The number of aliphatic hydroxyl groups excluding tert-OH is 1. The highest BCUT2D eigenvalue weighted by atomic mass is 79.9. The van der Waals surface area contributed by atoms with E-state index in [1.165, 1.54) is 12.1 Å². The molecule has 1 N–H and O–H groups in total. The van der Waals surface area contributed by atoms with Gasteiger partial charge in [-0.3, -0.25) is 0 Å². The molecular weight excluding hydrogens is 327 g/mol. The third-order valence-corrected chi connectivity index (χ3v) is 3.74. The quantitative estimate of drug-likeness (QED) is 0.929. The van der Waals surface area contributed by atoms with E-state index < -0.39 is 6.10 Å². The molecule has 0 fully saturated rings. The SMILES string of the molecule is OC(Cc1cccc(F)c1)c1cc(Br)c2c(c1)OCO2. The molecule has 0 saturated carbocycles. The summed E-state index contributed by atoms with van der Waals surface area (Å²) in [7, 11) is 0. The zero-order valence-electron chi connectivity index (χ0n) is 10.5. The van der Waals surface area contributed by atoms with Crippen LogP contribution in [0.1, 0.15) is 17.2 Å². The summed E-state index contributed by atoms with van der Waals surface area (Å²) in [5, 5.41) is 10.3. The highest BCUT2D eigenvalue weighted by molar-refractivity contribution is 9.10. The van der Waals surface area contributed by atoms with Gasteiger partial charge in [0.2, 0.25) is 6.79 Å². The van der Waals surface area contributed by atoms with E-state index in [4.69, 9.17) is 9.47 Å². The van der Waals surface area contributed by atoms with Gasteiger partial charge < -0.3 is 14.6 Å². The first-order valence-electron chi connectivity index (χ1n) is 6.15. The second-order valence-corrected chi connectivity index (χ2v) is 5.44. The van der Waals surface area contributed by atoms with E-state index >= 15 is 0 Å². The molecule has 0 aromatic heterocycles. The highest BCUT2D eigenvalue weighted by Gasteiger charge is 2.20. The van der Waals surface area contributed by atoms with Crippen molar-refractivity contribution < 1.29 is 19.0 Å². The maximum absolute atomic E-state index is 13.1. The van der Waals surface area contributed by atoms with E-state index in [0.29, 0.717) is 23.5 Å². The van der Waals surface area contributed by atoms with Gasteiger partial charge in [-0.15, -0.1) is 0 Å². The Labute approximate surface area is 124 Å². The maximum atomic E-state index is 13.1. The molecule has 104 valence electrons. The second-order valence-electron chi connectivity index (χ2n) is 4.59. The summed E-state index contributed by atoms with van der Waals surface area (Å²) in [6.07, 6.45) is -0.397. The van der Waals surface area contributed by atoms with Gasteiger partial charge in [0.15, 0.2) is 11.5 Å². The topological polar surface area (TPSA) is 38.7 Å². The van der Waals surface area contributed by atoms with Crippen molar-refractivity contribution in [1.82, 2.24) is 0 Å². The van der Waals surface area contributed by atoms with Crippen molar-refractivity contribution in [2.45, 2.75) is 12.5 Å². The molecule has 3 rings (SSSR count). The van der Waals surface area contributed by atoms with E-state index in [1.54, 1.807) is 24.3 Å². The van der Waals surface area contributed by atoms with Crippen molar-refractivity contribution in [2.75, 3.05) is 6.79 Å². The molecule has 0 amide bonds. The standard InChI is InChI=1S/C15H12BrFO3/c16-12-6-10(7-14-15(12)20-8-19-14)13(18)5-9-2-1-3-11(17)4-9/h1-4,6-7,13,18H,5,8H2. The molecule has 1 heterocycles. The predicted molar refractivity (Wildman–Crippen MR) is 75.3 cm³/mol. The Morgan fingerprint density at radius 3 is 2.90 bits per heavy atom. The summed E-state index contributed by atoms with van der Waals surface area (Å²) in [5.41, 5.74) is 1.44. The molecule has 5 heteroatoms. The molecule has 1 unspecified atom stereocenters. The first kappa shape index (κ1) is 13.4. The van der Waals surface area contributed by atoms with Crippen LogP contribution in [0.2, 0.25) is 0 Å². The minimum Gasteiger partial charge on any atom is -0.454 e. The molecule has 20 heavy (non-hydrogen) atoms. The van der Waals surface area contributed by atoms with Crippen molar-refractivity contribution >= 4 is 15.9 Å². The molecule has 0 aliphatic carbocycles. The number of aliphatic hydroxyl groups is 1. The minimum absolute atomic E-state index is 0.178. The molecule has 1 aliphatic rings. The van der Waals surface area contributed by atoms with Crippen molar-refractivity contribution in [3.05, 3.63) is 57.8 Å². The van der Waals surface area contributed by atoms with Gasteiger partial charge >= 0.3 is 0 Å². The second kappa shape index (κ2) is 5.42. The van der Waals surface area contributed by atoms with E-state index in [9.17, 15) is 9.50 Å². The maximum Gasteiger partial charge on any atom is 0.231 e. The van der Waals surface area contributed by atoms with E-state index in [1.807, 2.05) is 0 Å². The fraction of sp³-hybridized carbons (Fsp3) is 0.200. The summed E-state index contributed by atoms with van der Waals surface area (Å²) in [4.78, 5) is 0. The zero-order valence-corrected chi connectivity index (χ0v) is 12.1. The number of rotatable bonds is 3. The van der Waals surface area contributed by atoms with E-state index in [0.717, 1.165) is 10.0 Å². The molecule has 0 bridgehead atoms. The van der Waals surface area contributed by atoms with E-state index in [2.05, 4.69) is 15.9 Å². The van der Waals surface area contributed by atoms with Crippen LogP contribution >= 0.6 is 15.9 Å². The molecule has 1 atom stereocenters. The third kappa shape index (κ3) is 2.64. The van der Waals surface area contributed by atoms with Crippen LogP contribution in [0.3, 0.4) is 0 Å². The minimum atomic E-state index is -0.734. The van der Waals surface area contributed by atoms with Crippen molar-refractivity contribution in [3.8, 4) is 11.5 Å². The first-order valence-corrected chi connectivity index (χ1v) is 6.94. The van der Waals surface area contributed by atoms with E-state index in [-0.39, 0.29) is 12.6 Å². The molecule has 3 nitrogen and oxygen atoms in total. The van der Waals surface area contributed by atoms with Gasteiger partial charge in [-0.1, -0.05) is 12.1 Å². The molecule has 0 spiro atoms. The summed E-state index contributed by atoms with van der Waals surface area (Å²) in [6, 6.07) is 9.76. The summed E-state index contributed by atoms with van der Waals surface area (Å²) < 4.78 is 24.5. The normalized spacial score (nSPS) is 14.3. The average molecular weight is 339 g/mol. The Bertz CT molecular complexity index is 645. The fourth-order valence-corrected chi connectivity index (χ4v) is 2.76. The van der Waals surface area contributed by atoms with Gasteiger partial charge in [-0.25, -0.2) is 4.39 Å². The monoisotopic (exact) mass is 338 g/mol. The number of halogens is 2. The molecule has 1 aliphatic heterocycles. The van der Waals surface area contributed by atoms with Crippen LogP contribution in [0, 0.1) is 5.82 Å². The van der Waals surface area contributed by atoms with Gasteiger partial charge in [0.05, 0.1) is 10.6 Å². The predicted octanol–water partition coefficient (Wildman–Crippen LogP) is 3.59. The van der Waals surface area contributed by atoms with Crippen LogP contribution in [-0.4, -0.2) is 11.9 Å². The lowest BCUT2D eigenvalue weighted by molar-refractivity contribution is 0.171. The van der Waals surface area contributed by atoms with Gasteiger partial charge in [-0.05, 0) is 51.3 Å². The van der Waals surface area contributed by atoms with Crippen molar-refractivity contribution in [1.29, 1.82) is 0 Å². The highest BCUT2D eigenvalue weighted by Crippen LogP contribution is 2.41. The van der Waals surface area contributed by atoms with Gasteiger partial charge in [0, 0.05) is 6.42 Å². The number of fused-ring (bicyclic) bond motifs is 1. The molecule has 2 aromatic rings. The first-order chi connectivity index (χ1) is 9.63. The fourth-order valence-electron chi connectivity index (χ4n) is 2.18. The Morgan fingerprint density at radius 2 is 2.10 bits per heavy atom. The largest absolute Gasteiger partial charge is 0.454 e. The average Bonchev–Trinajstić information content (AvgIpc) is 2.87. The third-order valence-electron chi connectivity index (χ3n) is 3.15. The van der Waals surface area contributed by atoms with Crippen molar-refractivity contribution in [3.63, 3.8) is 0 Å². The number of benzene rings is 2. The lowest BCUT2D eigenvalue weighted by atomic mass is 10.0. The lowest BCUT2D eigenvalue weighted by Gasteiger charge is -2.13. The molecule has 0 saturated heterocycles. The molecule has 2 aromatic carbocycles. The number of hydrogen-bond acceptors (Lipinski definition) is 3. The van der Waals surface area contributed by atoms with Crippen molar-refractivity contribution in [2.24, 2.45) is 0 Å². The van der Waals surface area contributed by atoms with Crippen LogP contribution in [-0.2, 0) is 6.42 Å². The number of hydrogen-bond donors (Lipinski definition) is 1. The summed E-state index contributed by atoms with van der Waals surface area (Å²) >= 11 is 3.39. The van der Waals surface area contributed by atoms with Crippen LogP contribution in [0.4, 0.5) is 4.39 Å². The Morgan fingerprint density at radius 1 is 1.25 bits per heavy atom. The van der Waals surface area contributed by atoms with Crippen LogP contribution in [0.15, 0.2) is 40.9 Å². The Kier molecular flexibility index (Phi) is 3.63. The smallest absolute Gasteiger partial charge is 0.231 e. The molecule has 0 radical (unpaired) electrons.